The molecule has 1 aliphatic carbocycles. The van der Waals surface area contributed by atoms with Crippen LogP contribution in [0.2, 0.25) is 0 Å². The maximum Gasteiger partial charge on any atom is 0.0611 e. The third kappa shape index (κ3) is 1.81. The van der Waals surface area contributed by atoms with E-state index in [2.05, 4.69) is 0 Å². The number of hydrogen-bond acceptors (Lipinski definition) is 2. The lowest BCUT2D eigenvalue weighted by molar-refractivity contribution is -0.0118. The van der Waals surface area contributed by atoms with Crippen LogP contribution in [0, 0.1) is 5.92 Å². The lowest BCUT2D eigenvalue weighted by Crippen LogP contribution is -2.38. The zero-order valence-corrected chi connectivity index (χ0v) is 6.49. The average Bonchev–Trinajstić information content (AvgIpc) is 1.66. The fourth-order valence-electron chi connectivity index (χ4n) is 1.12. The van der Waals surface area contributed by atoms with Gasteiger partial charge in [-0.2, -0.15) is 0 Å². The van der Waals surface area contributed by atoms with E-state index < -0.39 is 0 Å². The smallest absolute Gasteiger partial charge is 0.0611 e. The Labute approximate surface area is 62.2 Å². The molecule has 0 aromatic heterocycles. The number of ether oxygens (including phenoxy) is 1. The first-order valence-corrected chi connectivity index (χ1v) is 3.11. The molecule has 3 heteroatoms. The van der Waals surface area contributed by atoms with Crippen molar-refractivity contribution in [3.63, 3.8) is 0 Å². The van der Waals surface area contributed by atoms with E-state index >= 15 is 0 Å². The summed E-state index contributed by atoms with van der Waals surface area (Å²) in [4.78, 5) is 0. The number of methoxy groups -OCH3 is 1. The molecule has 0 amide bonds. The molecule has 0 radical (unpaired) electrons. The molecule has 0 aromatic carbocycles. The molecule has 0 bridgehead atoms. The Kier molecular flexibility index (Phi) is 4.19. The number of halogens is 1. The monoisotopic (exact) mass is 151 g/mol. The second kappa shape index (κ2) is 4.09. The molecule has 1 fully saturated rings. The van der Waals surface area contributed by atoms with Crippen LogP contribution in [0.15, 0.2) is 0 Å². The van der Waals surface area contributed by atoms with Crippen molar-refractivity contribution < 1.29 is 4.74 Å². The first-order chi connectivity index (χ1) is 3.88. The molecule has 0 aliphatic heterocycles. The largest absolute Gasteiger partial charge is 0.381 e. The lowest BCUT2D eigenvalue weighted by atomic mass is 9.82. The Balaban J connectivity index is 0.000000640. The molecule has 1 aliphatic rings. The molecule has 9 heavy (non-hydrogen) atoms. The summed E-state index contributed by atoms with van der Waals surface area (Å²) in [5.74, 6) is 0.653. The molecule has 1 saturated carbocycles. The summed E-state index contributed by atoms with van der Waals surface area (Å²) in [5.41, 5.74) is 5.42. The summed E-state index contributed by atoms with van der Waals surface area (Å²) in [5, 5.41) is 0. The van der Waals surface area contributed by atoms with E-state index in [1.54, 1.807) is 7.11 Å². The molecule has 2 N–H and O–H groups in total. The van der Waals surface area contributed by atoms with E-state index in [-0.39, 0.29) is 12.4 Å². The van der Waals surface area contributed by atoms with Gasteiger partial charge in [0.2, 0.25) is 0 Å². The van der Waals surface area contributed by atoms with Crippen molar-refractivity contribution in [2.75, 3.05) is 13.7 Å². The van der Waals surface area contributed by atoms with Crippen molar-refractivity contribution in [3.8, 4) is 0 Å². The third-order valence-electron chi connectivity index (χ3n) is 1.95. The Morgan fingerprint density at radius 3 is 2.33 bits per heavy atom. The van der Waals surface area contributed by atoms with Crippen LogP contribution in [0.4, 0.5) is 0 Å². The first kappa shape index (κ1) is 9.21. The van der Waals surface area contributed by atoms with E-state index in [9.17, 15) is 0 Å². The van der Waals surface area contributed by atoms with Crippen LogP contribution in [-0.2, 0) is 4.74 Å². The highest BCUT2D eigenvalue weighted by Crippen LogP contribution is 2.28. The van der Waals surface area contributed by atoms with Gasteiger partial charge in [0.25, 0.3) is 0 Å². The fraction of sp³-hybridized carbons (Fsp3) is 1.00. The maximum atomic E-state index is 5.42. The van der Waals surface area contributed by atoms with Gasteiger partial charge in [0, 0.05) is 7.11 Å². The standard InChI is InChI=1S/C6H13NO.ClH/c1-8-6-3-2-5(6)4-7;/h5-6H,2-4,7H2,1H3;1H/t5-,6+;/m0./s1. The topological polar surface area (TPSA) is 35.2 Å². The van der Waals surface area contributed by atoms with Crippen LogP contribution < -0.4 is 5.73 Å². The van der Waals surface area contributed by atoms with E-state index in [4.69, 9.17) is 10.5 Å². The average molecular weight is 152 g/mol. The number of rotatable bonds is 2. The van der Waals surface area contributed by atoms with Crippen LogP contribution in [0.3, 0.4) is 0 Å². The summed E-state index contributed by atoms with van der Waals surface area (Å²) < 4.78 is 5.11. The van der Waals surface area contributed by atoms with Crippen LogP contribution in [0.25, 0.3) is 0 Å². The molecule has 2 atom stereocenters. The van der Waals surface area contributed by atoms with Crippen molar-refractivity contribution in [1.82, 2.24) is 0 Å². The summed E-state index contributed by atoms with van der Waals surface area (Å²) in [6.45, 7) is 0.790. The molecule has 1 rings (SSSR count). The molecule has 0 spiro atoms. The van der Waals surface area contributed by atoms with Gasteiger partial charge in [-0.3, -0.25) is 0 Å². The van der Waals surface area contributed by atoms with E-state index in [1.807, 2.05) is 0 Å². The van der Waals surface area contributed by atoms with E-state index in [1.165, 1.54) is 12.8 Å². The highest BCUT2D eigenvalue weighted by atomic mass is 35.5. The van der Waals surface area contributed by atoms with Gasteiger partial charge in [-0.05, 0) is 25.3 Å². The summed E-state index contributed by atoms with van der Waals surface area (Å²) >= 11 is 0. The van der Waals surface area contributed by atoms with Gasteiger partial charge >= 0.3 is 0 Å². The minimum Gasteiger partial charge on any atom is -0.381 e. The summed E-state index contributed by atoms with van der Waals surface area (Å²) in [7, 11) is 1.76. The Hall–Kier alpha value is 0.210. The van der Waals surface area contributed by atoms with Crippen LogP contribution in [0.1, 0.15) is 12.8 Å². The second-order valence-electron chi connectivity index (χ2n) is 2.35. The van der Waals surface area contributed by atoms with Crippen molar-refractivity contribution in [3.05, 3.63) is 0 Å². The maximum absolute atomic E-state index is 5.42. The molecule has 56 valence electrons. The molecule has 0 heterocycles. The van der Waals surface area contributed by atoms with Gasteiger partial charge in [0.1, 0.15) is 0 Å². The van der Waals surface area contributed by atoms with Crippen molar-refractivity contribution >= 4 is 12.4 Å². The van der Waals surface area contributed by atoms with Gasteiger partial charge in [-0.1, -0.05) is 0 Å². The molecule has 2 nitrogen and oxygen atoms in total. The van der Waals surface area contributed by atoms with Gasteiger partial charge in [-0.15, -0.1) is 12.4 Å². The predicted molar refractivity (Wildman–Crippen MR) is 39.8 cm³/mol. The summed E-state index contributed by atoms with van der Waals surface area (Å²) in [6, 6.07) is 0. The van der Waals surface area contributed by atoms with Crippen LogP contribution in [-0.4, -0.2) is 19.8 Å². The minimum absolute atomic E-state index is 0. The second-order valence-corrected chi connectivity index (χ2v) is 2.35. The Morgan fingerprint density at radius 1 is 1.56 bits per heavy atom. The number of hydrogen-bond donors (Lipinski definition) is 1. The molecule has 0 aromatic rings. The normalized spacial score (nSPS) is 32.7. The molecule has 0 unspecified atom stereocenters. The fourth-order valence-corrected chi connectivity index (χ4v) is 1.12. The highest BCUT2D eigenvalue weighted by molar-refractivity contribution is 5.85. The quantitative estimate of drug-likeness (QED) is 0.634. The van der Waals surface area contributed by atoms with Crippen LogP contribution in [0.5, 0.6) is 0 Å². The lowest BCUT2D eigenvalue weighted by Gasteiger charge is -2.34. The van der Waals surface area contributed by atoms with E-state index in [0.717, 1.165) is 6.54 Å². The Bertz CT molecular complexity index is 65.5. The van der Waals surface area contributed by atoms with Crippen molar-refractivity contribution in [2.24, 2.45) is 11.7 Å². The zero-order valence-electron chi connectivity index (χ0n) is 5.67. The van der Waals surface area contributed by atoms with E-state index in [0.29, 0.717) is 12.0 Å². The zero-order chi connectivity index (χ0) is 5.98. The SMILES string of the molecule is CO[C@@H]1CC[C@H]1CN.Cl. The molecular formula is C6H14ClNO. The summed E-state index contributed by atoms with van der Waals surface area (Å²) in [6.07, 6.45) is 2.94. The first-order valence-electron chi connectivity index (χ1n) is 3.11. The predicted octanol–water partition coefficient (Wildman–Crippen LogP) is 0.792. The van der Waals surface area contributed by atoms with Gasteiger partial charge in [-0.25, -0.2) is 0 Å². The van der Waals surface area contributed by atoms with Crippen molar-refractivity contribution in [2.45, 2.75) is 18.9 Å². The van der Waals surface area contributed by atoms with Crippen molar-refractivity contribution in [1.29, 1.82) is 0 Å². The van der Waals surface area contributed by atoms with Gasteiger partial charge in [0.15, 0.2) is 0 Å². The minimum atomic E-state index is 0. The highest BCUT2D eigenvalue weighted by Gasteiger charge is 2.28. The van der Waals surface area contributed by atoms with Gasteiger partial charge < -0.3 is 10.5 Å². The Morgan fingerprint density at radius 2 is 2.22 bits per heavy atom. The third-order valence-corrected chi connectivity index (χ3v) is 1.95. The van der Waals surface area contributed by atoms with Crippen LogP contribution >= 0.6 is 12.4 Å². The number of nitrogens with two attached hydrogens (primary N) is 1. The molecule has 0 saturated heterocycles. The van der Waals surface area contributed by atoms with Gasteiger partial charge in [0.05, 0.1) is 6.10 Å². The molecular weight excluding hydrogens is 138 g/mol.